The highest BCUT2D eigenvalue weighted by molar-refractivity contribution is 5.69. The number of hydrogen-bond acceptors (Lipinski definition) is 0. The lowest BCUT2D eigenvalue weighted by Gasteiger charge is -1.97. The van der Waals surface area contributed by atoms with E-state index in [1.807, 2.05) is 0 Å². The third kappa shape index (κ3) is 2.97. The first-order valence-electron chi connectivity index (χ1n) is 5.04. The molecule has 3 heteroatoms. The van der Waals surface area contributed by atoms with Crippen LogP contribution in [0.1, 0.15) is 11.1 Å². The molecule has 86 valence electrons. The summed E-state index contributed by atoms with van der Waals surface area (Å²) in [5, 5.41) is 0. The highest BCUT2D eigenvalue weighted by Crippen LogP contribution is 2.13. The van der Waals surface area contributed by atoms with Gasteiger partial charge in [0.2, 0.25) is 0 Å². The summed E-state index contributed by atoms with van der Waals surface area (Å²) in [6, 6.07) is 9.16. The first kappa shape index (κ1) is 11.5. The zero-order valence-corrected chi connectivity index (χ0v) is 8.83. The van der Waals surface area contributed by atoms with Crippen molar-refractivity contribution < 1.29 is 13.2 Å². The molecule has 0 aliphatic carbocycles. The summed E-state index contributed by atoms with van der Waals surface area (Å²) in [5.41, 5.74) is 1.03. The minimum absolute atomic E-state index is 0.288. The Kier molecular flexibility index (Phi) is 3.28. The maximum absolute atomic E-state index is 13.3. The van der Waals surface area contributed by atoms with Crippen molar-refractivity contribution in [1.82, 2.24) is 0 Å². The minimum Gasteiger partial charge on any atom is -0.207 e. The lowest BCUT2D eigenvalue weighted by Crippen LogP contribution is -1.83. The van der Waals surface area contributed by atoms with E-state index in [2.05, 4.69) is 0 Å². The number of rotatable bonds is 2. The zero-order chi connectivity index (χ0) is 12.3. The molecule has 0 spiro atoms. The van der Waals surface area contributed by atoms with Crippen LogP contribution in [0.15, 0.2) is 42.5 Å². The van der Waals surface area contributed by atoms with Crippen LogP contribution in [0.3, 0.4) is 0 Å². The van der Waals surface area contributed by atoms with Crippen molar-refractivity contribution in [1.29, 1.82) is 0 Å². The molecule has 0 N–H and O–H groups in total. The summed E-state index contributed by atoms with van der Waals surface area (Å²) >= 11 is 0. The number of benzene rings is 2. The SMILES string of the molecule is Fc1ccc(/C=C/c2ccc(F)cc2F)cc1. The predicted octanol–water partition coefficient (Wildman–Crippen LogP) is 4.27. The van der Waals surface area contributed by atoms with Gasteiger partial charge in [-0.1, -0.05) is 24.3 Å². The van der Waals surface area contributed by atoms with Gasteiger partial charge in [0.25, 0.3) is 0 Å². The molecule has 0 aliphatic heterocycles. The average Bonchev–Trinajstić information content (AvgIpc) is 2.30. The van der Waals surface area contributed by atoms with Crippen LogP contribution in [0, 0.1) is 17.5 Å². The van der Waals surface area contributed by atoms with Gasteiger partial charge >= 0.3 is 0 Å². The van der Waals surface area contributed by atoms with Crippen molar-refractivity contribution in [3.8, 4) is 0 Å². The Morgan fingerprint density at radius 2 is 1.35 bits per heavy atom. The van der Waals surface area contributed by atoms with Crippen molar-refractivity contribution in [3.05, 3.63) is 71.0 Å². The van der Waals surface area contributed by atoms with Crippen LogP contribution in [0.2, 0.25) is 0 Å². The molecule has 0 nitrogen and oxygen atoms in total. The molecule has 0 fully saturated rings. The van der Waals surface area contributed by atoms with Gasteiger partial charge in [-0.3, -0.25) is 0 Å². The second-order valence-electron chi connectivity index (χ2n) is 3.55. The van der Waals surface area contributed by atoms with E-state index in [1.165, 1.54) is 30.3 Å². The van der Waals surface area contributed by atoms with Gasteiger partial charge in [0.1, 0.15) is 17.5 Å². The van der Waals surface area contributed by atoms with Crippen LogP contribution in [0.5, 0.6) is 0 Å². The van der Waals surface area contributed by atoms with E-state index in [1.54, 1.807) is 18.2 Å². The molecular formula is C14H9F3. The van der Waals surface area contributed by atoms with Crippen molar-refractivity contribution in [2.45, 2.75) is 0 Å². The summed E-state index contributed by atoms with van der Waals surface area (Å²) in [6.45, 7) is 0. The lowest BCUT2D eigenvalue weighted by molar-refractivity contribution is 0.581. The number of hydrogen-bond donors (Lipinski definition) is 0. The Labute approximate surface area is 97.0 Å². The third-order valence-electron chi connectivity index (χ3n) is 2.29. The molecule has 0 aliphatic rings. The summed E-state index contributed by atoms with van der Waals surface area (Å²) in [4.78, 5) is 0. The molecule has 0 saturated heterocycles. The van der Waals surface area contributed by atoms with Gasteiger partial charge < -0.3 is 0 Å². The molecule has 0 atom stereocenters. The highest BCUT2D eigenvalue weighted by atomic mass is 19.1. The monoisotopic (exact) mass is 234 g/mol. The summed E-state index contributed by atoms with van der Waals surface area (Å²) in [7, 11) is 0. The maximum atomic E-state index is 13.3. The molecule has 2 aromatic rings. The van der Waals surface area contributed by atoms with E-state index in [0.29, 0.717) is 0 Å². The van der Waals surface area contributed by atoms with Gasteiger partial charge in [0.15, 0.2) is 0 Å². The van der Waals surface area contributed by atoms with Gasteiger partial charge in [-0.2, -0.15) is 0 Å². The van der Waals surface area contributed by atoms with Crippen molar-refractivity contribution in [2.75, 3.05) is 0 Å². The standard InChI is InChI=1S/C14H9F3/c15-12-6-2-10(3-7-12)1-4-11-5-8-13(16)9-14(11)17/h1-9H/b4-1+. The second kappa shape index (κ2) is 4.87. The van der Waals surface area contributed by atoms with E-state index in [0.717, 1.165) is 11.6 Å². The molecular weight excluding hydrogens is 225 g/mol. The minimum atomic E-state index is -0.622. The van der Waals surface area contributed by atoms with Crippen molar-refractivity contribution >= 4 is 12.2 Å². The van der Waals surface area contributed by atoms with E-state index in [4.69, 9.17) is 0 Å². The van der Waals surface area contributed by atoms with Crippen LogP contribution in [-0.2, 0) is 0 Å². The maximum Gasteiger partial charge on any atom is 0.133 e. The van der Waals surface area contributed by atoms with Gasteiger partial charge in [-0.05, 0) is 29.8 Å². The van der Waals surface area contributed by atoms with Crippen LogP contribution >= 0.6 is 0 Å². The first-order valence-corrected chi connectivity index (χ1v) is 5.04. The fourth-order valence-electron chi connectivity index (χ4n) is 1.40. The fraction of sp³-hybridized carbons (Fsp3) is 0. The zero-order valence-electron chi connectivity index (χ0n) is 8.83. The summed E-state index contributed by atoms with van der Waals surface area (Å²) in [5.74, 6) is -1.56. The van der Waals surface area contributed by atoms with Gasteiger partial charge in [-0.15, -0.1) is 0 Å². The predicted molar refractivity (Wildman–Crippen MR) is 61.7 cm³/mol. The Balaban J connectivity index is 2.23. The molecule has 2 rings (SSSR count). The largest absolute Gasteiger partial charge is 0.207 e. The molecule has 17 heavy (non-hydrogen) atoms. The molecule has 0 aromatic heterocycles. The third-order valence-corrected chi connectivity index (χ3v) is 2.29. The Morgan fingerprint density at radius 3 is 2.00 bits per heavy atom. The lowest BCUT2D eigenvalue weighted by atomic mass is 10.1. The van der Waals surface area contributed by atoms with Gasteiger partial charge in [0, 0.05) is 11.6 Å². The van der Waals surface area contributed by atoms with Crippen LogP contribution in [0.4, 0.5) is 13.2 Å². The van der Waals surface area contributed by atoms with E-state index in [-0.39, 0.29) is 11.4 Å². The van der Waals surface area contributed by atoms with Crippen molar-refractivity contribution in [3.63, 3.8) is 0 Å². The normalized spacial score (nSPS) is 11.0. The average molecular weight is 234 g/mol. The van der Waals surface area contributed by atoms with Gasteiger partial charge in [0.05, 0.1) is 0 Å². The van der Waals surface area contributed by atoms with Crippen LogP contribution in [-0.4, -0.2) is 0 Å². The first-order chi connectivity index (χ1) is 8.15. The molecule has 0 unspecified atom stereocenters. The van der Waals surface area contributed by atoms with E-state index < -0.39 is 11.6 Å². The van der Waals surface area contributed by atoms with E-state index in [9.17, 15) is 13.2 Å². The van der Waals surface area contributed by atoms with Crippen LogP contribution < -0.4 is 0 Å². The van der Waals surface area contributed by atoms with Crippen LogP contribution in [0.25, 0.3) is 12.2 Å². The molecule has 2 aromatic carbocycles. The summed E-state index contributed by atoms with van der Waals surface area (Å²) in [6.07, 6.45) is 3.15. The van der Waals surface area contributed by atoms with Gasteiger partial charge in [-0.25, -0.2) is 13.2 Å². The molecule has 0 radical (unpaired) electrons. The smallest absolute Gasteiger partial charge is 0.133 e. The Hall–Kier alpha value is -2.03. The second-order valence-corrected chi connectivity index (χ2v) is 3.55. The highest BCUT2D eigenvalue weighted by Gasteiger charge is 1.99. The van der Waals surface area contributed by atoms with E-state index >= 15 is 0 Å². The Bertz CT molecular complexity index is 542. The summed E-state index contributed by atoms with van der Waals surface area (Å²) < 4.78 is 38.5. The quantitative estimate of drug-likeness (QED) is 0.680. The topological polar surface area (TPSA) is 0 Å². The number of halogens is 3. The molecule has 0 amide bonds. The Morgan fingerprint density at radius 1 is 0.706 bits per heavy atom. The van der Waals surface area contributed by atoms with Crippen molar-refractivity contribution in [2.24, 2.45) is 0 Å². The molecule has 0 bridgehead atoms. The fourth-order valence-corrected chi connectivity index (χ4v) is 1.40. The molecule has 0 saturated carbocycles. The molecule has 0 heterocycles.